The van der Waals surface area contributed by atoms with Crippen molar-refractivity contribution in [1.82, 2.24) is 0 Å². The molecule has 2 rings (SSSR count). The number of aryl methyl sites for hydroxylation is 1. The van der Waals surface area contributed by atoms with Crippen molar-refractivity contribution in [3.8, 4) is 0 Å². The first-order valence-corrected chi connectivity index (χ1v) is 6.84. The van der Waals surface area contributed by atoms with Gasteiger partial charge in [-0.25, -0.2) is 0 Å². The van der Waals surface area contributed by atoms with Gasteiger partial charge in [0.1, 0.15) is 0 Å². The summed E-state index contributed by atoms with van der Waals surface area (Å²) in [4.78, 5) is 0. The van der Waals surface area contributed by atoms with Crippen LogP contribution in [0.25, 0.3) is 0 Å². The highest BCUT2D eigenvalue weighted by molar-refractivity contribution is 6.30. The lowest BCUT2D eigenvalue weighted by molar-refractivity contribution is 0.191. The molecule has 2 aromatic rings. The van der Waals surface area contributed by atoms with Crippen molar-refractivity contribution in [2.45, 2.75) is 19.4 Å². The molecule has 100 valence electrons. The van der Waals surface area contributed by atoms with Gasteiger partial charge < -0.3 is 10.4 Å². The van der Waals surface area contributed by atoms with Crippen molar-refractivity contribution >= 4 is 17.3 Å². The lowest BCUT2D eigenvalue weighted by Gasteiger charge is -2.15. The first-order valence-electron chi connectivity index (χ1n) is 6.46. The van der Waals surface area contributed by atoms with Gasteiger partial charge in [-0.1, -0.05) is 48.9 Å². The van der Waals surface area contributed by atoms with E-state index < -0.39 is 6.10 Å². The van der Waals surface area contributed by atoms with Crippen molar-refractivity contribution in [2.75, 3.05) is 11.9 Å². The molecule has 0 bridgehead atoms. The molecular weight excluding hydrogens is 258 g/mol. The van der Waals surface area contributed by atoms with E-state index in [0.29, 0.717) is 11.6 Å². The highest BCUT2D eigenvalue weighted by Crippen LogP contribution is 2.20. The Hall–Kier alpha value is -1.51. The number of anilines is 1. The van der Waals surface area contributed by atoms with E-state index in [1.54, 1.807) is 12.1 Å². The smallest absolute Gasteiger partial charge is 0.0962 e. The van der Waals surface area contributed by atoms with Crippen LogP contribution < -0.4 is 5.32 Å². The molecule has 0 fully saturated rings. The first-order chi connectivity index (χ1) is 9.20. The maximum Gasteiger partial charge on any atom is 0.0962 e. The van der Waals surface area contributed by atoms with E-state index in [4.69, 9.17) is 11.6 Å². The standard InChI is InChI=1S/C16H18ClNO/c1-2-12-6-3-4-9-15(12)18-11-16(19)13-7-5-8-14(17)10-13/h3-10,16,18-19H,2,11H2,1H3/t16-/m0/s1. The molecule has 0 spiro atoms. The summed E-state index contributed by atoms with van der Waals surface area (Å²) in [5, 5.41) is 14.1. The third-order valence-corrected chi connectivity index (χ3v) is 3.35. The van der Waals surface area contributed by atoms with Gasteiger partial charge in [0.25, 0.3) is 0 Å². The van der Waals surface area contributed by atoms with Crippen LogP contribution in [-0.2, 0) is 6.42 Å². The predicted molar refractivity (Wildman–Crippen MR) is 80.7 cm³/mol. The largest absolute Gasteiger partial charge is 0.387 e. The second kappa shape index (κ2) is 6.60. The molecule has 0 heterocycles. The second-order valence-electron chi connectivity index (χ2n) is 4.46. The summed E-state index contributed by atoms with van der Waals surface area (Å²) in [7, 11) is 0. The van der Waals surface area contributed by atoms with Crippen LogP contribution in [0, 0.1) is 0 Å². The van der Waals surface area contributed by atoms with Crippen molar-refractivity contribution < 1.29 is 5.11 Å². The summed E-state index contributed by atoms with van der Waals surface area (Å²) in [6.45, 7) is 2.59. The van der Waals surface area contributed by atoms with Gasteiger partial charge in [-0.05, 0) is 35.7 Å². The molecule has 0 aromatic heterocycles. The molecule has 2 nitrogen and oxygen atoms in total. The predicted octanol–water partition coefficient (Wildman–Crippen LogP) is 4.05. The Morgan fingerprint density at radius 3 is 2.68 bits per heavy atom. The number of aliphatic hydroxyl groups excluding tert-OH is 1. The Morgan fingerprint density at radius 1 is 1.16 bits per heavy atom. The van der Waals surface area contributed by atoms with E-state index in [1.165, 1.54) is 5.56 Å². The third kappa shape index (κ3) is 3.72. The Labute approximate surface area is 119 Å². The zero-order chi connectivity index (χ0) is 13.7. The zero-order valence-corrected chi connectivity index (χ0v) is 11.7. The second-order valence-corrected chi connectivity index (χ2v) is 4.90. The molecule has 0 aliphatic rings. The summed E-state index contributed by atoms with van der Waals surface area (Å²) in [5.74, 6) is 0. The number of rotatable bonds is 5. The third-order valence-electron chi connectivity index (χ3n) is 3.12. The molecule has 1 atom stereocenters. The van der Waals surface area contributed by atoms with E-state index in [-0.39, 0.29) is 0 Å². The molecule has 0 aliphatic carbocycles. The number of para-hydroxylation sites is 1. The number of benzene rings is 2. The number of aliphatic hydroxyl groups is 1. The molecule has 0 unspecified atom stereocenters. The van der Waals surface area contributed by atoms with Crippen molar-refractivity contribution in [3.05, 3.63) is 64.7 Å². The number of halogens is 1. The quantitative estimate of drug-likeness (QED) is 0.863. The lowest BCUT2D eigenvalue weighted by atomic mass is 10.1. The fraction of sp³-hybridized carbons (Fsp3) is 0.250. The Bertz CT molecular complexity index is 542. The number of hydrogen-bond acceptors (Lipinski definition) is 2. The van der Waals surface area contributed by atoms with Crippen LogP contribution >= 0.6 is 11.6 Å². The highest BCUT2D eigenvalue weighted by Gasteiger charge is 2.08. The van der Waals surface area contributed by atoms with E-state index in [1.807, 2.05) is 30.3 Å². The molecule has 3 heteroatoms. The van der Waals surface area contributed by atoms with Crippen LogP contribution in [0.15, 0.2) is 48.5 Å². The normalized spacial score (nSPS) is 12.2. The maximum atomic E-state index is 10.1. The molecule has 19 heavy (non-hydrogen) atoms. The molecule has 0 aliphatic heterocycles. The Morgan fingerprint density at radius 2 is 1.95 bits per heavy atom. The van der Waals surface area contributed by atoms with Gasteiger partial charge in [0.15, 0.2) is 0 Å². The van der Waals surface area contributed by atoms with Gasteiger partial charge in [0, 0.05) is 17.3 Å². The molecule has 0 saturated heterocycles. The summed E-state index contributed by atoms with van der Waals surface area (Å²) < 4.78 is 0. The molecule has 0 amide bonds. The summed E-state index contributed by atoms with van der Waals surface area (Å²) in [6, 6.07) is 15.5. The van der Waals surface area contributed by atoms with Crippen LogP contribution in [-0.4, -0.2) is 11.7 Å². The summed E-state index contributed by atoms with van der Waals surface area (Å²) >= 11 is 5.92. The molecule has 0 radical (unpaired) electrons. The van der Waals surface area contributed by atoms with Crippen molar-refractivity contribution in [1.29, 1.82) is 0 Å². The molecule has 0 saturated carbocycles. The van der Waals surface area contributed by atoms with E-state index in [2.05, 4.69) is 18.3 Å². The zero-order valence-electron chi connectivity index (χ0n) is 10.9. The minimum absolute atomic E-state index is 0.470. The monoisotopic (exact) mass is 275 g/mol. The summed E-state index contributed by atoms with van der Waals surface area (Å²) in [5.41, 5.74) is 3.15. The van der Waals surface area contributed by atoms with Gasteiger partial charge in [-0.2, -0.15) is 0 Å². The van der Waals surface area contributed by atoms with Crippen LogP contribution in [0.2, 0.25) is 5.02 Å². The molecular formula is C16H18ClNO. The maximum absolute atomic E-state index is 10.1. The lowest BCUT2D eigenvalue weighted by Crippen LogP contribution is -2.13. The number of nitrogens with one attached hydrogen (secondary N) is 1. The van der Waals surface area contributed by atoms with Crippen LogP contribution in [0.1, 0.15) is 24.2 Å². The molecule has 2 N–H and O–H groups in total. The van der Waals surface area contributed by atoms with E-state index in [9.17, 15) is 5.11 Å². The van der Waals surface area contributed by atoms with Crippen LogP contribution in [0.5, 0.6) is 0 Å². The highest BCUT2D eigenvalue weighted by atomic mass is 35.5. The SMILES string of the molecule is CCc1ccccc1NC[C@H](O)c1cccc(Cl)c1. The van der Waals surface area contributed by atoms with Gasteiger partial charge in [0.05, 0.1) is 6.10 Å². The fourth-order valence-electron chi connectivity index (χ4n) is 2.04. The van der Waals surface area contributed by atoms with Gasteiger partial charge in [-0.3, -0.25) is 0 Å². The molecule has 2 aromatic carbocycles. The Kier molecular flexibility index (Phi) is 4.83. The average Bonchev–Trinajstić information content (AvgIpc) is 2.45. The fourth-order valence-corrected chi connectivity index (χ4v) is 2.24. The number of hydrogen-bond donors (Lipinski definition) is 2. The van der Waals surface area contributed by atoms with Gasteiger partial charge in [-0.15, -0.1) is 0 Å². The van der Waals surface area contributed by atoms with Crippen molar-refractivity contribution in [3.63, 3.8) is 0 Å². The Balaban J connectivity index is 2.02. The van der Waals surface area contributed by atoms with Crippen LogP contribution in [0.4, 0.5) is 5.69 Å². The average molecular weight is 276 g/mol. The van der Waals surface area contributed by atoms with E-state index >= 15 is 0 Å². The first kappa shape index (κ1) is 13.9. The topological polar surface area (TPSA) is 32.3 Å². The van der Waals surface area contributed by atoms with Gasteiger partial charge in [0.2, 0.25) is 0 Å². The summed E-state index contributed by atoms with van der Waals surface area (Å²) in [6.07, 6.45) is 0.403. The van der Waals surface area contributed by atoms with E-state index in [0.717, 1.165) is 17.7 Å². The minimum atomic E-state index is -0.566. The van der Waals surface area contributed by atoms with Crippen molar-refractivity contribution in [2.24, 2.45) is 0 Å². The van der Waals surface area contributed by atoms with Gasteiger partial charge >= 0.3 is 0 Å². The minimum Gasteiger partial charge on any atom is -0.387 e. The van der Waals surface area contributed by atoms with Crippen LogP contribution in [0.3, 0.4) is 0 Å².